The van der Waals surface area contributed by atoms with E-state index in [0.717, 1.165) is 0 Å². The van der Waals surface area contributed by atoms with Crippen LogP contribution in [0.5, 0.6) is 0 Å². The van der Waals surface area contributed by atoms with E-state index in [9.17, 15) is 0 Å². The van der Waals surface area contributed by atoms with Crippen molar-refractivity contribution in [3.63, 3.8) is 0 Å². The fraction of sp³-hybridized carbons (Fsp3) is 0.412. The Hall–Kier alpha value is 0.501. The van der Waals surface area contributed by atoms with Crippen LogP contribution < -0.4 is 42.4 Å². The van der Waals surface area contributed by atoms with Crippen LogP contribution in [0.15, 0.2) is 50.6 Å². The standard InChI is InChI=1S/C17H23Si.3ClH.Ti/c1-3-4-6-9-15-13-17(12-14(15)2)18-16-10-7-5-8-11-16;;;;/h5,7-8,10-11H,3-4,6,9,13,18H2,1-2H3;3*1H;/q;;;;+3/p-3. The predicted octanol–water partition coefficient (Wildman–Crippen LogP) is -5.45. The van der Waals surface area contributed by atoms with Crippen molar-refractivity contribution in [3.8, 4) is 0 Å². The first-order valence-corrected chi connectivity index (χ1v) is 9.58. The first-order chi connectivity index (χ1) is 9.22. The molecule has 0 spiro atoms. The summed E-state index contributed by atoms with van der Waals surface area (Å²) >= 11 is 2.34. The Bertz CT molecular complexity index is 498. The van der Waals surface area contributed by atoms with Crippen molar-refractivity contribution in [1.82, 2.24) is 0 Å². The van der Waals surface area contributed by atoms with Gasteiger partial charge in [-0.3, -0.25) is 0 Å². The zero-order chi connectivity index (χ0) is 13.7. The van der Waals surface area contributed by atoms with Crippen molar-refractivity contribution in [2.75, 3.05) is 0 Å². The summed E-state index contributed by atoms with van der Waals surface area (Å²) < 4.78 is 1.61. The Labute approximate surface area is 168 Å². The average Bonchev–Trinajstić information content (AvgIpc) is 2.69. The van der Waals surface area contributed by atoms with Crippen LogP contribution in [-0.4, -0.2) is 9.52 Å². The number of unbranched alkanes of at least 4 members (excludes halogenated alkanes) is 2. The Morgan fingerprint density at radius 3 is 2.27 bits per heavy atom. The number of rotatable bonds is 6. The van der Waals surface area contributed by atoms with Gasteiger partial charge in [0.25, 0.3) is 0 Å². The molecule has 0 saturated heterocycles. The average molecular weight is 410 g/mol. The molecule has 120 valence electrons. The summed E-state index contributed by atoms with van der Waals surface area (Å²) in [5, 5.41) is 3.36. The van der Waals surface area contributed by atoms with E-state index in [1.54, 1.807) is 25.4 Å². The van der Waals surface area contributed by atoms with Gasteiger partial charge in [0.05, 0.1) is 0 Å². The Balaban J connectivity index is 0. The van der Waals surface area contributed by atoms with Gasteiger partial charge in [-0.1, -0.05) is 0 Å². The maximum atomic E-state index is 2.34. The third-order valence-corrected chi connectivity index (χ3v) is 7.63. The van der Waals surface area contributed by atoms with Gasteiger partial charge < -0.3 is 37.2 Å². The number of allylic oxidation sites excluding steroid dienone is 4. The van der Waals surface area contributed by atoms with E-state index in [-0.39, 0.29) is 46.7 Å². The third kappa shape index (κ3) is 6.95. The Morgan fingerprint density at radius 2 is 1.68 bits per heavy atom. The number of halogens is 3. The van der Waals surface area contributed by atoms with E-state index in [2.05, 4.69) is 64.6 Å². The van der Waals surface area contributed by atoms with Crippen LogP contribution in [0.3, 0.4) is 0 Å². The fourth-order valence-electron chi connectivity index (χ4n) is 2.78. The third-order valence-electron chi connectivity index (χ3n) is 4.03. The van der Waals surface area contributed by atoms with Gasteiger partial charge in [-0.25, -0.2) is 0 Å². The molecule has 0 fully saturated rings. The molecule has 2 rings (SSSR count). The molecule has 0 radical (unpaired) electrons. The summed E-state index contributed by atoms with van der Waals surface area (Å²) in [5.74, 6) is 0. The molecule has 0 heterocycles. The van der Waals surface area contributed by atoms with Crippen LogP contribution in [0.2, 0.25) is 0 Å². The van der Waals surface area contributed by atoms with Gasteiger partial charge in [0.15, 0.2) is 0 Å². The second-order valence-electron chi connectivity index (χ2n) is 5.50. The molecule has 0 unspecified atom stereocenters. The van der Waals surface area contributed by atoms with Gasteiger partial charge in [0, 0.05) is 0 Å². The molecule has 22 heavy (non-hydrogen) atoms. The van der Waals surface area contributed by atoms with Crippen molar-refractivity contribution < 1.29 is 57.7 Å². The molecule has 0 saturated carbocycles. The van der Waals surface area contributed by atoms with Crippen molar-refractivity contribution in [3.05, 3.63) is 50.6 Å². The first kappa shape index (κ1) is 24.7. The molecule has 0 N–H and O–H groups in total. The zero-order valence-electron chi connectivity index (χ0n) is 13.3. The van der Waals surface area contributed by atoms with E-state index in [4.69, 9.17) is 0 Å². The second kappa shape index (κ2) is 12.9. The molecule has 1 aliphatic rings. The normalized spacial score (nSPS) is 14.0. The summed E-state index contributed by atoms with van der Waals surface area (Å²) in [6.07, 6.45) is 6.68. The molecule has 0 aliphatic heterocycles. The van der Waals surface area contributed by atoms with Crippen molar-refractivity contribution in [1.29, 1.82) is 0 Å². The van der Waals surface area contributed by atoms with Crippen molar-refractivity contribution in [2.45, 2.75) is 46.0 Å². The molecule has 0 aromatic heterocycles. The van der Waals surface area contributed by atoms with E-state index >= 15 is 0 Å². The first-order valence-electron chi connectivity index (χ1n) is 7.39. The summed E-state index contributed by atoms with van der Waals surface area (Å²) in [6.45, 7) is 4.62. The smallest absolute Gasteiger partial charge is 1.00 e. The Morgan fingerprint density at radius 1 is 1.05 bits per heavy atom. The molecule has 0 bridgehead atoms. The molecule has 0 amide bonds. The SMILES string of the molecule is CCCCCC1=C(C)[C]([Ti+3])=C([SiH2]c2ccccc2)C1.[Cl-].[Cl-].[Cl-]. The predicted molar refractivity (Wildman–Crippen MR) is 83.1 cm³/mol. The van der Waals surface area contributed by atoms with Crippen LogP contribution in [0.4, 0.5) is 0 Å². The molecule has 1 aromatic carbocycles. The van der Waals surface area contributed by atoms with Gasteiger partial charge >= 0.3 is 132 Å². The maximum Gasteiger partial charge on any atom is -1.00 e. The fourth-order valence-corrected chi connectivity index (χ4v) is 5.48. The molecule has 1 aliphatic carbocycles. The summed E-state index contributed by atoms with van der Waals surface area (Å²) in [4.78, 5) is 0. The van der Waals surface area contributed by atoms with E-state index in [1.165, 1.54) is 32.1 Å². The second-order valence-corrected chi connectivity index (χ2v) is 8.31. The number of hydrogen-bond donors (Lipinski definition) is 0. The van der Waals surface area contributed by atoms with Crippen LogP contribution in [0.25, 0.3) is 0 Å². The van der Waals surface area contributed by atoms with E-state index in [1.807, 2.05) is 0 Å². The van der Waals surface area contributed by atoms with Gasteiger partial charge in [-0.15, -0.1) is 0 Å². The van der Waals surface area contributed by atoms with Crippen molar-refractivity contribution in [2.24, 2.45) is 0 Å². The minimum Gasteiger partial charge on any atom is -1.00 e. The number of benzene rings is 1. The summed E-state index contributed by atoms with van der Waals surface area (Å²) in [7, 11) is -0.237. The monoisotopic (exact) mass is 408 g/mol. The van der Waals surface area contributed by atoms with E-state index in [0.29, 0.717) is 0 Å². The molecule has 1 aromatic rings. The van der Waals surface area contributed by atoms with E-state index < -0.39 is 0 Å². The van der Waals surface area contributed by atoms with Crippen molar-refractivity contribution >= 4 is 14.7 Å². The largest absolute Gasteiger partial charge is 1.00 e. The Kier molecular flexibility index (Phi) is 14.5. The topological polar surface area (TPSA) is 0 Å². The minimum absolute atomic E-state index is 0. The van der Waals surface area contributed by atoms with Gasteiger partial charge in [0.2, 0.25) is 0 Å². The summed E-state index contributed by atoms with van der Waals surface area (Å²) in [5.41, 5.74) is 3.33. The van der Waals surface area contributed by atoms with Gasteiger partial charge in [0.1, 0.15) is 0 Å². The quantitative estimate of drug-likeness (QED) is 0.325. The van der Waals surface area contributed by atoms with Crippen LogP contribution in [-0.2, 0) is 20.4 Å². The molecule has 0 nitrogen and oxygen atoms in total. The maximum absolute atomic E-state index is 2.34. The summed E-state index contributed by atoms with van der Waals surface area (Å²) in [6, 6.07) is 11.1. The molecular formula is C17H23Cl3SiTi. The molecule has 0 atom stereocenters. The van der Waals surface area contributed by atoms with Crippen LogP contribution in [0, 0.1) is 0 Å². The minimum atomic E-state index is -0.237. The van der Waals surface area contributed by atoms with Crippen LogP contribution in [0.1, 0.15) is 46.0 Å². The zero-order valence-corrected chi connectivity index (χ0v) is 18.5. The molecule has 5 heteroatoms. The number of hydrogen-bond acceptors (Lipinski definition) is 0. The van der Waals surface area contributed by atoms with Gasteiger partial charge in [-0.2, -0.15) is 0 Å². The van der Waals surface area contributed by atoms with Gasteiger partial charge in [-0.05, 0) is 0 Å². The van der Waals surface area contributed by atoms with Crippen LogP contribution >= 0.6 is 0 Å². The molecular weight excluding hydrogens is 386 g/mol.